The van der Waals surface area contributed by atoms with Crippen LogP contribution in [0, 0.1) is 20.8 Å². The van der Waals surface area contributed by atoms with Gasteiger partial charge in [0.15, 0.2) is 0 Å². The summed E-state index contributed by atoms with van der Waals surface area (Å²) >= 11 is 1.74. The molecule has 1 aliphatic rings. The van der Waals surface area contributed by atoms with Gasteiger partial charge in [-0.25, -0.2) is 0 Å². The predicted molar refractivity (Wildman–Crippen MR) is 88.9 cm³/mol. The normalized spacial score (nSPS) is 14.6. The Hall–Kier alpha value is -1.26. The third-order valence-electron chi connectivity index (χ3n) is 3.94. The highest BCUT2D eigenvalue weighted by molar-refractivity contribution is 7.14. The van der Waals surface area contributed by atoms with E-state index in [2.05, 4.69) is 48.4 Å². The highest BCUT2D eigenvalue weighted by Gasteiger charge is 2.19. The van der Waals surface area contributed by atoms with Crippen molar-refractivity contribution in [3.8, 4) is 10.6 Å². The number of hydrogen-bond donors (Lipinski definition) is 1. The zero-order chi connectivity index (χ0) is 14.8. The van der Waals surface area contributed by atoms with Gasteiger partial charge in [-0.05, 0) is 57.7 Å². The minimum atomic E-state index is 0.799. The van der Waals surface area contributed by atoms with Crippen LogP contribution < -0.4 is 5.32 Å². The molecule has 3 nitrogen and oxygen atoms in total. The Kier molecular flexibility index (Phi) is 4.36. The van der Waals surface area contributed by atoms with E-state index in [1.807, 2.05) is 0 Å². The molecule has 0 spiro atoms. The Bertz CT molecular complexity index is 606. The van der Waals surface area contributed by atoms with Gasteiger partial charge < -0.3 is 5.32 Å². The van der Waals surface area contributed by atoms with Crippen molar-refractivity contribution >= 4 is 11.3 Å². The molecule has 1 aromatic heterocycles. The average Bonchev–Trinajstić information content (AvgIpc) is 3.13. The lowest BCUT2D eigenvalue weighted by Crippen LogP contribution is -2.17. The molecule has 112 valence electrons. The van der Waals surface area contributed by atoms with Crippen molar-refractivity contribution in [1.82, 2.24) is 15.5 Å². The minimum absolute atomic E-state index is 0.799. The van der Waals surface area contributed by atoms with E-state index in [1.54, 1.807) is 11.3 Å². The number of nitrogens with zero attached hydrogens (tertiary/aromatic N) is 2. The number of aromatic nitrogens is 2. The summed E-state index contributed by atoms with van der Waals surface area (Å²) in [5, 5.41) is 14.5. The first kappa shape index (κ1) is 14.7. The van der Waals surface area contributed by atoms with Crippen molar-refractivity contribution in [2.75, 3.05) is 6.54 Å². The number of nitrogens with one attached hydrogen (secondary N) is 1. The maximum Gasteiger partial charge on any atom is 0.148 e. The second kappa shape index (κ2) is 6.24. The van der Waals surface area contributed by atoms with Crippen molar-refractivity contribution < 1.29 is 0 Å². The lowest BCUT2D eigenvalue weighted by atomic mass is 10.0. The summed E-state index contributed by atoms with van der Waals surface area (Å²) in [6.45, 7) is 7.57. The standard InChI is InChI=1S/C17H23N3S/c1-11-9-12(2)16(13(3)10-11)17-20-19-15(21-17)5-4-8-18-14-6-7-14/h9-10,14,18H,4-8H2,1-3H3. The third-order valence-corrected chi connectivity index (χ3v) is 4.94. The zero-order valence-corrected chi connectivity index (χ0v) is 13.9. The van der Waals surface area contributed by atoms with E-state index >= 15 is 0 Å². The average molecular weight is 301 g/mol. The fourth-order valence-electron chi connectivity index (χ4n) is 2.81. The molecular weight excluding hydrogens is 278 g/mol. The van der Waals surface area contributed by atoms with Crippen LogP contribution in [-0.2, 0) is 6.42 Å². The summed E-state index contributed by atoms with van der Waals surface area (Å²) in [6.07, 6.45) is 4.89. The van der Waals surface area contributed by atoms with E-state index in [-0.39, 0.29) is 0 Å². The van der Waals surface area contributed by atoms with E-state index in [0.29, 0.717) is 0 Å². The largest absolute Gasteiger partial charge is 0.314 e. The summed E-state index contributed by atoms with van der Waals surface area (Å²) in [7, 11) is 0. The van der Waals surface area contributed by atoms with Crippen molar-refractivity contribution in [3.05, 3.63) is 33.8 Å². The summed E-state index contributed by atoms with van der Waals surface area (Å²) in [6, 6.07) is 5.25. The van der Waals surface area contributed by atoms with Crippen LogP contribution in [0.3, 0.4) is 0 Å². The van der Waals surface area contributed by atoms with Gasteiger partial charge in [0.25, 0.3) is 0 Å². The molecule has 1 saturated carbocycles. The SMILES string of the molecule is Cc1cc(C)c(-c2nnc(CCCNC3CC3)s2)c(C)c1. The molecule has 0 atom stereocenters. The lowest BCUT2D eigenvalue weighted by molar-refractivity contribution is 0.643. The number of hydrogen-bond acceptors (Lipinski definition) is 4. The van der Waals surface area contributed by atoms with Gasteiger partial charge in [-0.15, -0.1) is 10.2 Å². The van der Waals surface area contributed by atoms with Crippen LogP contribution in [0.4, 0.5) is 0 Å². The van der Waals surface area contributed by atoms with Crippen molar-refractivity contribution in [2.45, 2.75) is 52.5 Å². The second-order valence-corrected chi connectivity index (χ2v) is 7.17. The Morgan fingerprint density at radius 1 is 1.14 bits per heavy atom. The number of rotatable bonds is 6. The third kappa shape index (κ3) is 3.69. The molecule has 1 fully saturated rings. The topological polar surface area (TPSA) is 37.8 Å². The van der Waals surface area contributed by atoms with E-state index in [0.717, 1.165) is 35.4 Å². The van der Waals surface area contributed by atoms with Gasteiger partial charge in [-0.2, -0.15) is 0 Å². The fourth-order valence-corrected chi connectivity index (χ4v) is 3.86. The molecule has 1 heterocycles. The van der Waals surface area contributed by atoms with Gasteiger partial charge in [0.2, 0.25) is 0 Å². The minimum Gasteiger partial charge on any atom is -0.314 e. The highest BCUT2D eigenvalue weighted by atomic mass is 32.1. The maximum atomic E-state index is 4.41. The quantitative estimate of drug-likeness (QED) is 0.824. The smallest absolute Gasteiger partial charge is 0.148 e. The van der Waals surface area contributed by atoms with Crippen LogP contribution in [0.15, 0.2) is 12.1 Å². The van der Waals surface area contributed by atoms with Gasteiger partial charge in [0.1, 0.15) is 10.0 Å². The molecule has 1 aliphatic carbocycles. The summed E-state index contributed by atoms with van der Waals surface area (Å²) in [5.41, 5.74) is 5.17. The lowest BCUT2D eigenvalue weighted by Gasteiger charge is -2.07. The molecule has 0 bridgehead atoms. The molecule has 2 aromatic rings. The molecule has 21 heavy (non-hydrogen) atoms. The van der Waals surface area contributed by atoms with Crippen LogP contribution in [0.2, 0.25) is 0 Å². The van der Waals surface area contributed by atoms with Crippen LogP contribution in [0.25, 0.3) is 10.6 Å². The zero-order valence-electron chi connectivity index (χ0n) is 13.1. The second-order valence-electron chi connectivity index (χ2n) is 6.11. The highest BCUT2D eigenvalue weighted by Crippen LogP contribution is 2.31. The van der Waals surface area contributed by atoms with Crippen LogP contribution in [-0.4, -0.2) is 22.8 Å². The van der Waals surface area contributed by atoms with Gasteiger partial charge in [0, 0.05) is 18.0 Å². The fraction of sp³-hybridized carbons (Fsp3) is 0.529. The first-order valence-electron chi connectivity index (χ1n) is 7.77. The predicted octanol–water partition coefficient (Wildman–Crippen LogP) is 3.81. The number of benzene rings is 1. The molecule has 4 heteroatoms. The van der Waals surface area contributed by atoms with Crippen molar-refractivity contribution in [3.63, 3.8) is 0 Å². The van der Waals surface area contributed by atoms with Crippen LogP contribution in [0.1, 0.15) is 41.0 Å². The molecule has 0 saturated heterocycles. The summed E-state index contributed by atoms with van der Waals surface area (Å²) in [4.78, 5) is 0. The molecule has 1 aromatic carbocycles. The molecule has 0 radical (unpaired) electrons. The first-order valence-corrected chi connectivity index (χ1v) is 8.59. The van der Waals surface area contributed by atoms with Gasteiger partial charge in [0.05, 0.1) is 0 Å². The van der Waals surface area contributed by atoms with Gasteiger partial charge in [-0.3, -0.25) is 0 Å². The maximum absolute atomic E-state index is 4.41. The van der Waals surface area contributed by atoms with Crippen molar-refractivity contribution in [1.29, 1.82) is 0 Å². The van der Waals surface area contributed by atoms with E-state index in [9.17, 15) is 0 Å². The summed E-state index contributed by atoms with van der Waals surface area (Å²) < 4.78 is 0. The molecule has 0 unspecified atom stereocenters. The van der Waals surface area contributed by atoms with Crippen LogP contribution in [0.5, 0.6) is 0 Å². The van der Waals surface area contributed by atoms with E-state index in [1.165, 1.54) is 35.1 Å². The molecule has 1 N–H and O–H groups in total. The molecule has 3 rings (SSSR count). The Morgan fingerprint density at radius 2 is 1.86 bits per heavy atom. The Balaban J connectivity index is 1.66. The summed E-state index contributed by atoms with van der Waals surface area (Å²) in [5.74, 6) is 0. The van der Waals surface area contributed by atoms with E-state index in [4.69, 9.17) is 0 Å². The Morgan fingerprint density at radius 3 is 2.52 bits per heavy atom. The molecular formula is C17H23N3S. The van der Waals surface area contributed by atoms with Crippen LogP contribution >= 0.6 is 11.3 Å². The monoisotopic (exact) mass is 301 g/mol. The number of aryl methyl sites for hydroxylation is 4. The Labute approximate surface area is 130 Å². The first-order chi connectivity index (χ1) is 10.1. The molecule has 0 aliphatic heterocycles. The molecule has 0 amide bonds. The van der Waals surface area contributed by atoms with Gasteiger partial charge in [-0.1, -0.05) is 29.0 Å². The van der Waals surface area contributed by atoms with E-state index < -0.39 is 0 Å². The van der Waals surface area contributed by atoms with Crippen molar-refractivity contribution in [2.24, 2.45) is 0 Å². The van der Waals surface area contributed by atoms with Gasteiger partial charge >= 0.3 is 0 Å².